The first-order valence-corrected chi connectivity index (χ1v) is 8.58. The van der Waals surface area contributed by atoms with Gasteiger partial charge in [-0.2, -0.15) is 0 Å². The molecule has 0 aliphatic heterocycles. The highest BCUT2D eigenvalue weighted by atomic mass is 19.1. The second kappa shape index (κ2) is 8.71. The van der Waals surface area contributed by atoms with Gasteiger partial charge in [0.15, 0.2) is 0 Å². The van der Waals surface area contributed by atoms with Crippen molar-refractivity contribution < 1.29 is 9.13 Å². The van der Waals surface area contributed by atoms with Crippen molar-refractivity contribution in [1.82, 2.24) is 0 Å². The molecular formula is C21H27FO. The lowest BCUT2D eigenvalue weighted by atomic mass is 9.71. The minimum absolute atomic E-state index is 0.131. The van der Waals surface area contributed by atoms with Gasteiger partial charge in [0.05, 0.1) is 6.61 Å². The fourth-order valence-electron chi connectivity index (χ4n) is 3.16. The summed E-state index contributed by atoms with van der Waals surface area (Å²) >= 11 is 0. The van der Waals surface area contributed by atoms with Crippen LogP contribution in [0, 0.1) is 5.82 Å². The van der Waals surface area contributed by atoms with Crippen LogP contribution in [0.4, 0.5) is 4.39 Å². The molecule has 0 amide bonds. The number of para-hydroxylation sites is 1. The Kier molecular flexibility index (Phi) is 6.64. The lowest BCUT2D eigenvalue weighted by Crippen LogP contribution is -2.24. The van der Waals surface area contributed by atoms with Crippen molar-refractivity contribution in [3.8, 4) is 5.75 Å². The van der Waals surface area contributed by atoms with Crippen molar-refractivity contribution >= 4 is 0 Å². The third-order valence-corrected chi connectivity index (χ3v) is 4.55. The number of ether oxygens (including phenoxy) is 1. The van der Waals surface area contributed by atoms with Gasteiger partial charge >= 0.3 is 0 Å². The van der Waals surface area contributed by atoms with Crippen molar-refractivity contribution in [2.24, 2.45) is 0 Å². The quantitative estimate of drug-likeness (QED) is 0.662. The van der Waals surface area contributed by atoms with Gasteiger partial charge in [0.2, 0.25) is 0 Å². The van der Waals surface area contributed by atoms with Crippen LogP contribution in [-0.4, -0.2) is 6.61 Å². The number of rotatable bonds is 3. The first kappa shape index (κ1) is 17.5. The van der Waals surface area contributed by atoms with E-state index in [0.29, 0.717) is 5.41 Å². The average Bonchev–Trinajstić information content (AvgIpc) is 2.58. The Morgan fingerprint density at radius 3 is 2.09 bits per heavy atom. The van der Waals surface area contributed by atoms with Gasteiger partial charge < -0.3 is 4.74 Å². The highest BCUT2D eigenvalue weighted by Crippen LogP contribution is 2.38. The molecule has 1 aliphatic rings. The second-order valence-corrected chi connectivity index (χ2v) is 6.37. The Labute approximate surface area is 139 Å². The van der Waals surface area contributed by atoms with Crippen LogP contribution in [0.2, 0.25) is 0 Å². The third kappa shape index (κ3) is 5.38. The van der Waals surface area contributed by atoms with Crippen LogP contribution < -0.4 is 4.74 Å². The van der Waals surface area contributed by atoms with E-state index in [0.717, 1.165) is 12.4 Å². The van der Waals surface area contributed by atoms with Crippen molar-refractivity contribution in [1.29, 1.82) is 0 Å². The van der Waals surface area contributed by atoms with E-state index in [1.54, 1.807) is 12.1 Å². The summed E-state index contributed by atoms with van der Waals surface area (Å²) in [6.07, 6.45) is 6.48. The molecule has 0 N–H and O–H groups in total. The maximum absolute atomic E-state index is 12.8. The zero-order valence-electron chi connectivity index (χ0n) is 14.2. The van der Waals surface area contributed by atoms with Crippen LogP contribution in [0.1, 0.15) is 51.5 Å². The van der Waals surface area contributed by atoms with Crippen molar-refractivity contribution in [2.45, 2.75) is 51.4 Å². The number of hydrogen-bond donors (Lipinski definition) is 0. The zero-order chi connectivity index (χ0) is 16.5. The largest absolute Gasteiger partial charge is 0.494 e. The molecule has 2 heteroatoms. The second-order valence-electron chi connectivity index (χ2n) is 6.37. The highest BCUT2D eigenvalue weighted by Gasteiger charge is 2.28. The van der Waals surface area contributed by atoms with Crippen molar-refractivity contribution in [2.75, 3.05) is 6.61 Å². The zero-order valence-corrected chi connectivity index (χ0v) is 14.2. The first-order valence-electron chi connectivity index (χ1n) is 8.58. The molecule has 0 radical (unpaired) electrons. The molecule has 1 fully saturated rings. The summed E-state index contributed by atoms with van der Waals surface area (Å²) in [5.74, 6) is 0.813. The Bertz CT molecular complexity index is 556. The van der Waals surface area contributed by atoms with E-state index in [1.165, 1.54) is 37.7 Å². The molecule has 1 nitrogen and oxygen atoms in total. The first-order chi connectivity index (χ1) is 11.1. The summed E-state index contributed by atoms with van der Waals surface area (Å²) in [4.78, 5) is 0. The van der Waals surface area contributed by atoms with Gasteiger partial charge in [-0.05, 0) is 55.0 Å². The van der Waals surface area contributed by atoms with E-state index in [1.807, 2.05) is 49.4 Å². The molecule has 23 heavy (non-hydrogen) atoms. The van der Waals surface area contributed by atoms with Gasteiger partial charge in [-0.25, -0.2) is 4.39 Å². The molecule has 2 aromatic rings. The fraction of sp³-hybridized carbons (Fsp3) is 0.429. The van der Waals surface area contributed by atoms with Crippen LogP contribution >= 0.6 is 0 Å². The smallest absolute Gasteiger partial charge is 0.123 e. The van der Waals surface area contributed by atoms with Crippen LogP contribution in [0.3, 0.4) is 0 Å². The number of benzene rings is 2. The lowest BCUT2D eigenvalue weighted by Gasteiger charge is -2.34. The van der Waals surface area contributed by atoms with E-state index in [-0.39, 0.29) is 5.82 Å². The fourth-order valence-corrected chi connectivity index (χ4v) is 3.16. The Morgan fingerprint density at radius 2 is 1.52 bits per heavy atom. The van der Waals surface area contributed by atoms with E-state index < -0.39 is 0 Å². The maximum atomic E-state index is 12.8. The third-order valence-electron chi connectivity index (χ3n) is 4.55. The minimum Gasteiger partial charge on any atom is -0.494 e. The van der Waals surface area contributed by atoms with Crippen LogP contribution in [0.5, 0.6) is 5.75 Å². The summed E-state index contributed by atoms with van der Waals surface area (Å²) < 4.78 is 18.0. The number of halogens is 1. The molecule has 1 aliphatic carbocycles. The topological polar surface area (TPSA) is 9.23 Å². The van der Waals surface area contributed by atoms with E-state index in [9.17, 15) is 4.39 Å². The molecular weight excluding hydrogens is 287 g/mol. The van der Waals surface area contributed by atoms with Gasteiger partial charge in [0.1, 0.15) is 11.6 Å². The van der Waals surface area contributed by atoms with E-state index in [2.05, 4.69) is 6.92 Å². The standard InChI is InChI=1S/C13H17F.C8H10O/c1-13(9-3-2-4-10-13)11-5-7-12(14)8-6-11;1-2-9-8-6-4-3-5-7-8/h5-8H,2-4,9-10H2,1H3;3-7H,2H2,1H3. The van der Waals surface area contributed by atoms with Gasteiger partial charge in [-0.3, -0.25) is 0 Å². The molecule has 0 atom stereocenters. The molecule has 0 aromatic heterocycles. The maximum Gasteiger partial charge on any atom is 0.123 e. The summed E-state index contributed by atoms with van der Waals surface area (Å²) in [6.45, 7) is 5.02. The highest BCUT2D eigenvalue weighted by molar-refractivity contribution is 5.25. The summed E-state index contributed by atoms with van der Waals surface area (Å²) in [5.41, 5.74) is 1.60. The average molecular weight is 314 g/mol. The van der Waals surface area contributed by atoms with Crippen LogP contribution in [0.15, 0.2) is 54.6 Å². The molecule has 2 aromatic carbocycles. The normalized spacial score (nSPS) is 16.1. The predicted molar refractivity (Wildman–Crippen MR) is 94.4 cm³/mol. The summed E-state index contributed by atoms with van der Waals surface area (Å²) in [7, 11) is 0. The monoisotopic (exact) mass is 314 g/mol. The molecule has 0 unspecified atom stereocenters. The SMILES string of the molecule is CC1(c2ccc(F)cc2)CCCCC1.CCOc1ccccc1. The predicted octanol–water partition coefficient (Wildman–Crippen LogP) is 6.13. The van der Waals surface area contributed by atoms with Crippen molar-refractivity contribution in [3.05, 3.63) is 66.0 Å². The molecule has 0 spiro atoms. The van der Waals surface area contributed by atoms with E-state index in [4.69, 9.17) is 4.74 Å². The van der Waals surface area contributed by atoms with Gasteiger partial charge in [-0.1, -0.05) is 56.5 Å². The van der Waals surface area contributed by atoms with Crippen molar-refractivity contribution in [3.63, 3.8) is 0 Å². The summed E-state index contributed by atoms with van der Waals surface area (Å²) in [6, 6.07) is 16.8. The lowest BCUT2D eigenvalue weighted by molar-refractivity contribution is 0.319. The number of hydrogen-bond acceptors (Lipinski definition) is 1. The van der Waals surface area contributed by atoms with Crippen LogP contribution in [0.25, 0.3) is 0 Å². The molecule has 0 saturated heterocycles. The molecule has 0 bridgehead atoms. The van der Waals surface area contributed by atoms with Crippen LogP contribution in [-0.2, 0) is 5.41 Å². The molecule has 124 valence electrons. The molecule has 0 heterocycles. The molecule has 1 saturated carbocycles. The Morgan fingerprint density at radius 1 is 0.913 bits per heavy atom. The van der Waals surface area contributed by atoms with Gasteiger partial charge in [-0.15, -0.1) is 0 Å². The molecule has 3 rings (SSSR count). The summed E-state index contributed by atoms with van der Waals surface area (Å²) in [5, 5.41) is 0. The van der Waals surface area contributed by atoms with Gasteiger partial charge in [0, 0.05) is 0 Å². The Hall–Kier alpha value is -1.83. The minimum atomic E-state index is -0.131. The Balaban J connectivity index is 0.000000185. The van der Waals surface area contributed by atoms with Gasteiger partial charge in [0.25, 0.3) is 0 Å². The van der Waals surface area contributed by atoms with E-state index >= 15 is 0 Å².